The maximum Gasteiger partial charge on any atom is 0.322 e. The van der Waals surface area contributed by atoms with Crippen LogP contribution >= 0.6 is 43.2 Å². The lowest BCUT2D eigenvalue weighted by molar-refractivity contribution is -0.141. The quantitative estimate of drug-likeness (QED) is 0.0336. The van der Waals surface area contributed by atoms with Crippen LogP contribution in [0.15, 0.2) is 35.3 Å². The number of guanidine groups is 1. The predicted molar refractivity (Wildman–Crippen MR) is 277 cm³/mol. The van der Waals surface area contributed by atoms with Crippen LogP contribution in [0.25, 0.3) is 0 Å². The Morgan fingerprint density at radius 2 is 1.17 bits per heavy atom. The van der Waals surface area contributed by atoms with Gasteiger partial charge in [-0.2, -0.15) is 0 Å². The maximum atomic E-state index is 14.4. The van der Waals surface area contributed by atoms with Gasteiger partial charge in [0.05, 0.1) is 25.4 Å². The summed E-state index contributed by atoms with van der Waals surface area (Å²) in [6.07, 6.45) is -2.50. The first-order valence-corrected chi connectivity index (χ1v) is 27.9. The number of nitrogens with one attached hydrogen (secondary N) is 10. The van der Waals surface area contributed by atoms with E-state index in [1.54, 1.807) is 30.3 Å². The Labute approximate surface area is 449 Å². The van der Waals surface area contributed by atoms with Crippen molar-refractivity contribution >= 4 is 126 Å². The molecule has 418 valence electrons. The summed E-state index contributed by atoms with van der Waals surface area (Å²) in [6.45, 7) is -0.530. The number of rotatable bonds is 15. The average Bonchev–Trinajstić information content (AvgIpc) is 3.35. The molecule has 2 aliphatic rings. The summed E-state index contributed by atoms with van der Waals surface area (Å²) in [5.41, 5.74) is 17.1. The highest BCUT2D eigenvalue weighted by molar-refractivity contribution is 8.77. The van der Waals surface area contributed by atoms with Crippen molar-refractivity contribution in [3.8, 4) is 0 Å². The minimum atomic E-state index is -1.95. The normalized spacial score (nSPS) is 24.6. The highest BCUT2D eigenvalue weighted by Crippen LogP contribution is 2.25. The summed E-state index contributed by atoms with van der Waals surface area (Å²) < 4.78 is 0. The van der Waals surface area contributed by atoms with Crippen LogP contribution in [0.3, 0.4) is 0 Å². The Balaban J connectivity index is 2.24. The van der Waals surface area contributed by atoms with Crippen molar-refractivity contribution in [3.05, 3.63) is 35.9 Å². The smallest absolute Gasteiger partial charge is 0.322 e. The highest BCUT2D eigenvalue weighted by Gasteiger charge is 2.36. The van der Waals surface area contributed by atoms with Crippen molar-refractivity contribution < 1.29 is 77.6 Å². The molecule has 2 saturated heterocycles. The van der Waals surface area contributed by atoms with E-state index in [1.165, 1.54) is 6.92 Å². The number of hydrogen-bond donors (Lipinski definition) is 16. The average molecular weight is 1150 g/mol. The molecule has 10 amide bonds. The number of carboxylic acid groups (broad SMARTS) is 3. The predicted octanol–water partition coefficient (Wildman–Crippen LogP) is -6.44. The van der Waals surface area contributed by atoms with E-state index in [0.717, 1.165) is 43.2 Å². The first kappa shape index (κ1) is 63.3. The molecule has 2 aliphatic heterocycles. The van der Waals surface area contributed by atoms with Crippen molar-refractivity contribution in [1.29, 1.82) is 0 Å². The maximum absolute atomic E-state index is 14.4. The summed E-state index contributed by atoms with van der Waals surface area (Å²) in [5.74, 6) is -17.2. The van der Waals surface area contributed by atoms with Gasteiger partial charge >= 0.3 is 17.9 Å². The molecule has 2 bridgehead atoms. The van der Waals surface area contributed by atoms with Crippen LogP contribution in [-0.4, -0.2) is 195 Å². The van der Waals surface area contributed by atoms with Gasteiger partial charge in [-0.05, 0) is 25.3 Å². The van der Waals surface area contributed by atoms with E-state index in [4.69, 9.17) is 17.2 Å². The van der Waals surface area contributed by atoms with Gasteiger partial charge in [-0.3, -0.25) is 67.3 Å². The summed E-state index contributed by atoms with van der Waals surface area (Å²) in [5, 5.41) is 52.4. The summed E-state index contributed by atoms with van der Waals surface area (Å²) in [6, 6.07) is -6.42. The molecule has 76 heavy (non-hydrogen) atoms. The number of carbonyl (C=O) groups is 13. The number of carbonyl (C=O) groups excluding carboxylic acids is 10. The van der Waals surface area contributed by atoms with Gasteiger partial charge in [-0.15, -0.1) is 0 Å². The Morgan fingerprint density at radius 1 is 0.645 bits per heavy atom. The fraction of sp³-hybridized carbons (Fsp3) is 0.524. The fourth-order valence-corrected chi connectivity index (χ4v) is 11.2. The van der Waals surface area contributed by atoms with E-state index in [1.807, 2.05) is 0 Å². The number of amides is 10. The van der Waals surface area contributed by atoms with Crippen molar-refractivity contribution in [1.82, 2.24) is 53.2 Å². The Kier molecular flexibility index (Phi) is 27.0. The van der Waals surface area contributed by atoms with E-state index >= 15 is 0 Å². The van der Waals surface area contributed by atoms with Crippen molar-refractivity contribution in [2.45, 2.75) is 93.4 Å². The van der Waals surface area contributed by atoms with Gasteiger partial charge in [0.2, 0.25) is 59.1 Å². The molecule has 0 saturated carbocycles. The van der Waals surface area contributed by atoms with Gasteiger partial charge < -0.3 is 85.7 Å². The molecule has 30 nitrogen and oxygen atoms in total. The van der Waals surface area contributed by atoms with Gasteiger partial charge in [-0.1, -0.05) is 73.5 Å². The number of nitrogens with zero attached hydrogens (tertiary/aromatic N) is 1. The molecule has 0 radical (unpaired) electrons. The lowest BCUT2D eigenvalue weighted by Crippen LogP contribution is -2.60. The van der Waals surface area contributed by atoms with Crippen LogP contribution in [-0.2, 0) is 68.7 Å². The minimum Gasteiger partial charge on any atom is -0.481 e. The third kappa shape index (κ3) is 23.2. The van der Waals surface area contributed by atoms with Crippen LogP contribution in [0.5, 0.6) is 0 Å². The zero-order valence-corrected chi connectivity index (χ0v) is 43.8. The van der Waals surface area contributed by atoms with Gasteiger partial charge in [-0.25, -0.2) is 0 Å². The van der Waals surface area contributed by atoms with E-state index in [0.29, 0.717) is 5.56 Å². The second kappa shape index (κ2) is 32.4. The molecule has 1 aromatic rings. The Hall–Kier alpha value is -7.04. The van der Waals surface area contributed by atoms with E-state index in [9.17, 15) is 77.6 Å². The molecule has 0 unspecified atom stereocenters. The van der Waals surface area contributed by atoms with Gasteiger partial charge in [0, 0.05) is 36.0 Å². The monoisotopic (exact) mass is 1140 g/mol. The largest absolute Gasteiger partial charge is 0.481 e. The standard InChI is InChI=1S/C42H60N14O16S4/c1-19(43)33(64)53-26-16-74-73-15-25(35(66)48-14-32(62)63)54-36(67)22(10-20-6-3-2-4-7-20)51-41(72)28-18-76-75-17-27(56-38(69)24(12-31(60)61)52-40(26)71)39(70)50-21(8-5-9-46-42(44)45)34(65)47-13-29(57)49-23(11-30(58)59)37(68)55-28/h2-4,6-7,19,21-28H,5,8-18,43H2,1H3,(H,47,65)(H,48,66)(H,49,57)(H,50,70)(H,51,72)(H,52,71)(H,53,64)(H,54,67)(H,55,68)(H,56,69)(H,58,59)(H,60,61)(H,62,63)(H4,44,45,46)/t19-,21-,22-,23-,24-,25-,26-,27-,28-/m0/s1. The first-order valence-electron chi connectivity index (χ1n) is 22.9. The second-order valence-electron chi connectivity index (χ2n) is 16.6. The van der Waals surface area contributed by atoms with Crippen LogP contribution in [0.2, 0.25) is 0 Å². The first-order chi connectivity index (χ1) is 35.9. The number of carboxylic acids is 3. The minimum absolute atomic E-state index is 0.0425. The number of aliphatic imine (C=N–C) groups is 1. The number of nitrogens with two attached hydrogens (primary N) is 3. The van der Waals surface area contributed by atoms with Crippen LogP contribution in [0.1, 0.15) is 38.2 Å². The molecule has 2 heterocycles. The lowest BCUT2D eigenvalue weighted by atomic mass is 10.0. The van der Waals surface area contributed by atoms with Crippen LogP contribution in [0.4, 0.5) is 0 Å². The molecule has 3 rings (SSSR count). The van der Waals surface area contributed by atoms with Crippen molar-refractivity contribution in [2.24, 2.45) is 22.2 Å². The van der Waals surface area contributed by atoms with Gasteiger partial charge in [0.1, 0.15) is 54.9 Å². The molecule has 0 aliphatic carbocycles. The molecule has 19 N–H and O–H groups in total. The number of hydrogen-bond acceptors (Lipinski definition) is 19. The molecule has 9 atom stereocenters. The number of aliphatic carboxylic acids is 3. The summed E-state index contributed by atoms with van der Waals surface area (Å²) in [4.78, 5) is 177. The van der Waals surface area contributed by atoms with E-state index in [-0.39, 0.29) is 43.3 Å². The third-order valence-corrected chi connectivity index (χ3v) is 15.3. The summed E-state index contributed by atoms with van der Waals surface area (Å²) >= 11 is 0. The number of benzene rings is 1. The molecule has 0 spiro atoms. The van der Waals surface area contributed by atoms with Crippen LogP contribution in [0, 0.1) is 0 Å². The Morgan fingerprint density at radius 3 is 1.72 bits per heavy atom. The highest BCUT2D eigenvalue weighted by atomic mass is 33.1. The molecule has 0 aromatic heterocycles. The van der Waals surface area contributed by atoms with Gasteiger partial charge in [0.15, 0.2) is 5.96 Å². The lowest BCUT2D eigenvalue weighted by Gasteiger charge is -2.27. The molecule has 34 heteroatoms. The SMILES string of the molecule is C[C@H](N)C(=O)N[C@H]1CSSC[C@@H](C(=O)NCC(=O)O)NC(=O)[C@H](Cc2ccccc2)NC(=O)[C@@H]2CSSC[C@H](NC(=O)[C@H](CC(=O)O)NC1=O)C(=O)N[C@@H](CCCN=C(N)N)C(=O)NCC(=O)N[C@@H](CC(=O)O)C(=O)N2. The molecule has 1 aromatic carbocycles. The number of fused-ring (bicyclic) bond motifs is 5. The molecule has 2 fully saturated rings. The van der Waals surface area contributed by atoms with Gasteiger partial charge in [0.25, 0.3) is 0 Å². The molecular weight excluding hydrogens is 1080 g/mol. The third-order valence-electron chi connectivity index (χ3n) is 10.4. The van der Waals surface area contributed by atoms with Crippen molar-refractivity contribution in [2.75, 3.05) is 42.6 Å². The van der Waals surface area contributed by atoms with Crippen molar-refractivity contribution in [3.63, 3.8) is 0 Å². The molecular formula is C42H60N14O16S4. The zero-order valence-electron chi connectivity index (χ0n) is 40.5. The topological polar surface area (TPSA) is 493 Å². The van der Waals surface area contributed by atoms with E-state index in [2.05, 4.69) is 58.2 Å². The Bertz CT molecular complexity index is 2330. The zero-order chi connectivity index (χ0) is 56.5. The summed E-state index contributed by atoms with van der Waals surface area (Å²) in [7, 11) is 3.24. The second-order valence-corrected chi connectivity index (χ2v) is 21.7. The van der Waals surface area contributed by atoms with E-state index < -0.39 is 169 Å². The van der Waals surface area contributed by atoms with Crippen LogP contribution < -0.4 is 70.4 Å². The fourth-order valence-electron chi connectivity index (χ4n) is 6.55.